The maximum Gasteiger partial charge on any atom is 0.276 e. The summed E-state index contributed by atoms with van der Waals surface area (Å²) in [4.78, 5) is 13.4. The van der Waals surface area contributed by atoms with Gasteiger partial charge in [0.25, 0.3) is 5.91 Å². The highest BCUT2D eigenvalue weighted by Gasteiger charge is 2.22. The first-order valence-electron chi connectivity index (χ1n) is 6.54. The average Bonchev–Trinajstić information content (AvgIpc) is 3.01. The molecular formula is C14H14N4OS. The molecule has 5 nitrogen and oxygen atoms in total. The fraction of sp³-hybridized carbons (Fsp3) is 0.357. The SMILES string of the molecule is Cn1ccc(C(=O)Nc2sc3c(c2C#N)CCCC3)n1. The Balaban J connectivity index is 1.89. The number of nitrogens with zero attached hydrogens (tertiary/aromatic N) is 3. The van der Waals surface area contributed by atoms with E-state index in [9.17, 15) is 10.1 Å². The van der Waals surface area contributed by atoms with Crippen molar-refractivity contribution in [2.75, 3.05) is 5.32 Å². The molecule has 0 radical (unpaired) electrons. The quantitative estimate of drug-likeness (QED) is 0.922. The Morgan fingerprint density at radius 1 is 1.50 bits per heavy atom. The predicted octanol–water partition coefficient (Wildman–Crippen LogP) is 2.48. The predicted molar refractivity (Wildman–Crippen MR) is 76.8 cm³/mol. The lowest BCUT2D eigenvalue weighted by Crippen LogP contribution is -2.13. The van der Waals surface area contributed by atoms with Gasteiger partial charge in [0.2, 0.25) is 0 Å². The zero-order valence-corrected chi connectivity index (χ0v) is 12.0. The third-order valence-corrected chi connectivity index (χ3v) is 4.66. The maximum absolute atomic E-state index is 12.1. The van der Waals surface area contributed by atoms with Crippen LogP contribution in [0.25, 0.3) is 0 Å². The Kier molecular flexibility index (Phi) is 3.28. The van der Waals surface area contributed by atoms with E-state index >= 15 is 0 Å². The van der Waals surface area contributed by atoms with Crippen LogP contribution in [0.15, 0.2) is 12.3 Å². The molecule has 2 aromatic heterocycles. The molecule has 0 bridgehead atoms. The number of carbonyl (C=O) groups excluding carboxylic acids is 1. The average molecular weight is 286 g/mol. The number of nitrogens with one attached hydrogen (secondary N) is 1. The standard InChI is InChI=1S/C14H14N4OS/c1-18-7-6-11(17-18)13(19)16-14-10(8-15)9-4-2-3-5-12(9)20-14/h6-7H,2-5H2,1H3,(H,16,19). The first-order chi connectivity index (χ1) is 9.69. The lowest BCUT2D eigenvalue weighted by Gasteiger charge is -2.09. The van der Waals surface area contributed by atoms with E-state index in [1.54, 1.807) is 24.0 Å². The number of fused-ring (bicyclic) bond motifs is 1. The number of rotatable bonds is 2. The molecule has 0 aromatic carbocycles. The van der Waals surface area contributed by atoms with Gasteiger partial charge in [-0.15, -0.1) is 11.3 Å². The van der Waals surface area contributed by atoms with Crippen molar-refractivity contribution in [3.05, 3.63) is 34.0 Å². The van der Waals surface area contributed by atoms with Crippen molar-refractivity contribution in [1.29, 1.82) is 5.26 Å². The highest BCUT2D eigenvalue weighted by atomic mass is 32.1. The van der Waals surface area contributed by atoms with E-state index in [2.05, 4.69) is 16.5 Å². The Hall–Kier alpha value is -2.13. The van der Waals surface area contributed by atoms with E-state index in [-0.39, 0.29) is 5.91 Å². The van der Waals surface area contributed by atoms with Crippen LogP contribution < -0.4 is 5.32 Å². The Morgan fingerprint density at radius 3 is 3.00 bits per heavy atom. The van der Waals surface area contributed by atoms with Gasteiger partial charge >= 0.3 is 0 Å². The lowest BCUT2D eigenvalue weighted by molar-refractivity contribution is 0.102. The molecule has 0 saturated carbocycles. The number of carbonyl (C=O) groups is 1. The topological polar surface area (TPSA) is 70.7 Å². The molecule has 6 heteroatoms. The molecule has 1 aliphatic carbocycles. The van der Waals surface area contributed by atoms with Crippen molar-refractivity contribution >= 4 is 22.2 Å². The number of hydrogen-bond acceptors (Lipinski definition) is 4. The molecule has 1 N–H and O–H groups in total. The van der Waals surface area contributed by atoms with E-state index in [4.69, 9.17) is 0 Å². The van der Waals surface area contributed by atoms with Gasteiger partial charge < -0.3 is 5.32 Å². The minimum atomic E-state index is -0.263. The van der Waals surface area contributed by atoms with Crippen molar-refractivity contribution in [1.82, 2.24) is 9.78 Å². The zero-order valence-electron chi connectivity index (χ0n) is 11.1. The molecule has 0 aliphatic heterocycles. The summed E-state index contributed by atoms with van der Waals surface area (Å²) < 4.78 is 1.58. The van der Waals surface area contributed by atoms with Crippen LogP contribution in [0.4, 0.5) is 5.00 Å². The minimum absolute atomic E-state index is 0.263. The Labute approximate surface area is 120 Å². The van der Waals surface area contributed by atoms with Gasteiger partial charge in [0, 0.05) is 18.1 Å². The molecule has 0 spiro atoms. The van der Waals surface area contributed by atoms with Crippen LogP contribution in [0, 0.1) is 11.3 Å². The van der Waals surface area contributed by atoms with Gasteiger partial charge in [-0.2, -0.15) is 10.4 Å². The smallest absolute Gasteiger partial charge is 0.276 e. The van der Waals surface area contributed by atoms with Gasteiger partial charge in [0.15, 0.2) is 5.69 Å². The first kappa shape index (κ1) is 12.9. The van der Waals surface area contributed by atoms with Crippen LogP contribution in [0.2, 0.25) is 0 Å². The fourth-order valence-corrected chi connectivity index (χ4v) is 3.71. The molecule has 0 atom stereocenters. The van der Waals surface area contributed by atoms with Crippen molar-refractivity contribution in [3.8, 4) is 6.07 Å². The highest BCUT2D eigenvalue weighted by molar-refractivity contribution is 7.16. The minimum Gasteiger partial charge on any atom is -0.311 e. The van der Waals surface area contributed by atoms with E-state index in [0.717, 1.165) is 31.2 Å². The largest absolute Gasteiger partial charge is 0.311 e. The van der Waals surface area contributed by atoms with Crippen molar-refractivity contribution < 1.29 is 4.79 Å². The molecule has 102 valence electrons. The van der Waals surface area contributed by atoms with E-state index < -0.39 is 0 Å². The number of aryl methyl sites for hydroxylation is 2. The van der Waals surface area contributed by atoms with Crippen LogP contribution in [0.3, 0.4) is 0 Å². The van der Waals surface area contributed by atoms with Crippen LogP contribution in [-0.4, -0.2) is 15.7 Å². The molecule has 3 rings (SSSR count). The number of thiophene rings is 1. The summed E-state index contributed by atoms with van der Waals surface area (Å²) in [7, 11) is 1.77. The number of amides is 1. The lowest BCUT2D eigenvalue weighted by atomic mass is 9.96. The summed E-state index contributed by atoms with van der Waals surface area (Å²) in [6.07, 6.45) is 5.94. The third-order valence-electron chi connectivity index (χ3n) is 3.46. The normalized spacial score (nSPS) is 13.6. The van der Waals surface area contributed by atoms with Crippen LogP contribution in [0.5, 0.6) is 0 Å². The van der Waals surface area contributed by atoms with Gasteiger partial charge in [-0.3, -0.25) is 9.48 Å². The van der Waals surface area contributed by atoms with Gasteiger partial charge in [0.05, 0.1) is 5.56 Å². The van der Waals surface area contributed by atoms with Crippen molar-refractivity contribution in [3.63, 3.8) is 0 Å². The van der Waals surface area contributed by atoms with Crippen molar-refractivity contribution in [2.45, 2.75) is 25.7 Å². The third kappa shape index (κ3) is 2.21. The summed E-state index contributed by atoms with van der Waals surface area (Å²) >= 11 is 1.53. The highest BCUT2D eigenvalue weighted by Crippen LogP contribution is 2.37. The molecule has 1 amide bonds. The van der Waals surface area contributed by atoms with E-state index in [0.29, 0.717) is 16.3 Å². The summed E-state index contributed by atoms with van der Waals surface area (Å²) in [5.74, 6) is -0.263. The number of nitriles is 1. The molecule has 0 fully saturated rings. The number of aromatic nitrogens is 2. The van der Waals surface area contributed by atoms with Gasteiger partial charge in [0.1, 0.15) is 11.1 Å². The van der Waals surface area contributed by atoms with Gasteiger partial charge in [-0.05, 0) is 37.3 Å². The zero-order chi connectivity index (χ0) is 14.1. The summed E-state index contributed by atoms with van der Waals surface area (Å²) in [6, 6.07) is 3.90. The maximum atomic E-state index is 12.1. The second kappa shape index (κ2) is 5.10. The Morgan fingerprint density at radius 2 is 2.30 bits per heavy atom. The van der Waals surface area contributed by atoms with E-state index in [1.165, 1.54) is 16.2 Å². The molecule has 20 heavy (non-hydrogen) atoms. The van der Waals surface area contributed by atoms with Gasteiger partial charge in [-0.1, -0.05) is 0 Å². The molecule has 2 aromatic rings. The monoisotopic (exact) mass is 286 g/mol. The Bertz CT molecular complexity index is 707. The van der Waals surface area contributed by atoms with Gasteiger partial charge in [-0.25, -0.2) is 0 Å². The number of hydrogen-bond donors (Lipinski definition) is 1. The summed E-state index contributed by atoms with van der Waals surface area (Å²) in [5, 5.41) is 16.9. The fourth-order valence-electron chi connectivity index (χ4n) is 2.48. The molecule has 1 aliphatic rings. The second-order valence-electron chi connectivity index (χ2n) is 4.86. The van der Waals surface area contributed by atoms with Crippen molar-refractivity contribution in [2.24, 2.45) is 7.05 Å². The molecule has 0 saturated heterocycles. The van der Waals surface area contributed by atoms with Crippen LogP contribution in [-0.2, 0) is 19.9 Å². The second-order valence-corrected chi connectivity index (χ2v) is 5.96. The molecular weight excluding hydrogens is 272 g/mol. The summed E-state index contributed by atoms with van der Waals surface area (Å²) in [5.41, 5.74) is 2.12. The molecule has 2 heterocycles. The number of anilines is 1. The van der Waals surface area contributed by atoms with Crippen LogP contribution in [0.1, 0.15) is 39.3 Å². The molecule has 0 unspecified atom stereocenters. The van der Waals surface area contributed by atoms with E-state index in [1.807, 2.05) is 0 Å². The first-order valence-corrected chi connectivity index (χ1v) is 7.36. The summed E-state index contributed by atoms with van der Waals surface area (Å²) in [6.45, 7) is 0. The van der Waals surface area contributed by atoms with Crippen LogP contribution >= 0.6 is 11.3 Å².